The van der Waals surface area contributed by atoms with E-state index >= 15 is 0 Å². The van der Waals surface area contributed by atoms with Crippen molar-refractivity contribution < 1.29 is 23.9 Å². The Morgan fingerprint density at radius 2 is 2.03 bits per heavy atom. The summed E-state index contributed by atoms with van der Waals surface area (Å²) in [4.78, 5) is 60.9. The molecule has 11 nitrogen and oxygen atoms in total. The van der Waals surface area contributed by atoms with E-state index in [0.29, 0.717) is 24.3 Å². The summed E-state index contributed by atoms with van der Waals surface area (Å²) in [5.41, 5.74) is 3.25. The van der Waals surface area contributed by atoms with Gasteiger partial charge in [-0.25, -0.2) is 9.97 Å². The number of carbonyl (C=O) groups is 4. The number of benzene rings is 2. The zero-order valence-corrected chi connectivity index (χ0v) is 21.5. The summed E-state index contributed by atoms with van der Waals surface area (Å²) >= 11 is 0. The van der Waals surface area contributed by atoms with Gasteiger partial charge < -0.3 is 15.0 Å². The first-order valence-electron chi connectivity index (χ1n) is 13.0. The zero-order valence-electron chi connectivity index (χ0n) is 21.5. The molecular formula is C28H28N6O5. The van der Waals surface area contributed by atoms with Crippen LogP contribution in [-0.2, 0) is 22.7 Å². The lowest BCUT2D eigenvalue weighted by Crippen LogP contribution is -2.52. The van der Waals surface area contributed by atoms with Gasteiger partial charge in [0.25, 0.3) is 11.8 Å². The van der Waals surface area contributed by atoms with Crippen LogP contribution in [0.3, 0.4) is 0 Å². The number of aromatic nitrogens is 2. The second kappa shape index (κ2) is 10.1. The molecule has 3 aliphatic heterocycles. The standard InChI is InChI=1S/C28H28N6O5/c1-29-27(37)25-30-12-17-10-16(2-5-22(17)31-25)13-33-9-8-20(15-33)39-19-3-4-21-18(11-19)14-34(28(21)38)23-6-7-24(35)32-26(23)36/h2-5,10-12,20,23H,6-9,13-15H2,1H3,(H,29,37)(H,32,35,36)/t20-,23?/m0/s1. The van der Waals surface area contributed by atoms with Gasteiger partial charge in [0.1, 0.15) is 17.9 Å². The number of imide groups is 1. The molecule has 4 heterocycles. The monoisotopic (exact) mass is 528 g/mol. The maximum atomic E-state index is 12.9. The fourth-order valence-electron chi connectivity index (χ4n) is 5.51. The normalized spacial score (nSPS) is 21.3. The molecule has 2 aromatic carbocycles. The van der Waals surface area contributed by atoms with Gasteiger partial charge in [0.2, 0.25) is 17.6 Å². The first-order chi connectivity index (χ1) is 18.9. The summed E-state index contributed by atoms with van der Waals surface area (Å²) in [7, 11) is 1.55. The van der Waals surface area contributed by atoms with Crippen LogP contribution in [0.5, 0.6) is 5.75 Å². The first-order valence-corrected chi connectivity index (χ1v) is 13.0. The number of fused-ring (bicyclic) bond motifs is 2. The molecule has 2 atom stereocenters. The number of rotatable bonds is 6. The third kappa shape index (κ3) is 4.92. The Morgan fingerprint density at radius 3 is 2.85 bits per heavy atom. The Balaban J connectivity index is 1.07. The molecule has 0 radical (unpaired) electrons. The summed E-state index contributed by atoms with van der Waals surface area (Å²) in [6.45, 7) is 2.74. The maximum Gasteiger partial charge on any atom is 0.288 e. The number of piperidine rings is 1. The van der Waals surface area contributed by atoms with Crippen LogP contribution in [0.2, 0.25) is 0 Å². The highest BCUT2D eigenvalue weighted by Gasteiger charge is 2.39. The van der Waals surface area contributed by atoms with E-state index in [2.05, 4.69) is 25.5 Å². The number of carbonyl (C=O) groups excluding carboxylic acids is 4. The molecule has 3 aromatic rings. The van der Waals surface area contributed by atoms with Crippen molar-refractivity contribution in [2.45, 2.75) is 44.5 Å². The van der Waals surface area contributed by atoms with Gasteiger partial charge in [-0.15, -0.1) is 0 Å². The smallest absolute Gasteiger partial charge is 0.288 e. The average Bonchev–Trinajstić information content (AvgIpc) is 3.51. The Bertz CT molecular complexity index is 1510. The lowest BCUT2D eigenvalue weighted by atomic mass is 10.0. The molecule has 0 spiro atoms. The topological polar surface area (TPSA) is 134 Å². The lowest BCUT2D eigenvalue weighted by Gasteiger charge is -2.29. The molecule has 11 heteroatoms. The Morgan fingerprint density at radius 1 is 1.15 bits per heavy atom. The molecule has 0 saturated carbocycles. The van der Waals surface area contributed by atoms with Gasteiger partial charge in [-0.05, 0) is 54.3 Å². The highest BCUT2D eigenvalue weighted by Crippen LogP contribution is 2.31. The minimum absolute atomic E-state index is 0.0188. The molecule has 1 aromatic heterocycles. The van der Waals surface area contributed by atoms with Crippen molar-refractivity contribution in [1.82, 2.24) is 30.4 Å². The number of amides is 4. The average molecular weight is 529 g/mol. The fourth-order valence-corrected chi connectivity index (χ4v) is 5.51. The summed E-state index contributed by atoms with van der Waals surface area (Å²) in [5.74, 6) is -0.366. The van der Waals surface area contributed by atoms with E-state index < -0.39 is 11.9 Å². The van der Waals surface area contributed by atoms with Gasteiger partial charge in [0.15, 0.2) is 0 Å². The number of hydrogen-bond donors (Lipinski definition) is 2. The van der Waals surface area contributed by atoms with Crippen molar-refractivity contribution in [1.29, 1.82) is 0 Å². The van der Waals surface area contributed by atoms with Crippen molar-refractivity contribution in [3.63, 3.8) is 0 Å². The van der Waals surface area contributed by atoms with Crippen molar-refractivity contribution in [3.8, 4) is 5.75 Å². The Kier molecular flexibility index (Phi) is 6.43. The Hall–Kier alpha value is -4.38. The molecule has 3 aliphatic rings. The van der Waals surface area contributed by atoms with Crippen LogP contribution in [-0.4, -0.2) is 75.7 Å². The van der Waals surface area contributed by atoms with E-state index in [-0.39, 0.29) is 36.1 Å². The third-order valence-electron chi connectivity index (χ3n) is 7.51. The van der Waals surface area contributed by atoms with E-state index in [4.69, 9.17) is 4.74 Å². The van der Waals surface area contributed by atoms with Crippen LogP contribution in [0.25, 0.3) is 10.9 Å². The van der Waals surface area contributed by atoms with Crippen molar-refractivity contribution in [2.24, 2.45) is 0 Å². The van der Waals surface area contributed by atoms with Crippen LogP contribution >= 0.6 is 0 Å². The molecule has 6 rings (SSSR count). The number of nitrogens with zero attached hydrogens (tertiary/aromatic N) is 4. The van der Waals surface area contributed by atoms with Crippen LogP contribution in [0.1, 0.15) is 51.4 Å². The number of nitrogens with one attached hydrogen (secondary N) is 2. The molecule has 1 unspecified atom stereocenters. The first kappa shape index (κ1) is 24.9. The zero-order chi connectivity index (χ0) is 27.1. The van der Waals surface area contributed by atoms with Crippen molar-refractivity contribution in [3.05, 3.63) is 65.1 Å². The molecule has 2 N–H and O–H groups in total. The number of ether oxygens (including phenoxy) is 1. The minimum Gasteiger partial charge on any atom is -0.489 e. The van der Waals surface area contributed by atoms with Gasteiger partial charge in [-0.3, -0.25) is 29.4 Å². The van der Waals surface area contributed by atoms with Crippen LogP contribution in [0.4, 0.5) is 0 Å². The highest BCUT2D eigenvalue weighted by atomic mass is 16.5. The molecule has 2 fully saturated rings. The molecule has 2 saturated heterocycles. The summed E-state index contributed by atoms with van der Waals surface area (Å²) in [6, 6.07) is 10.8. The van der Waals surface area contributed by atoms with Crippen molar-refractivity contribution in [2.75, 3.05) is 20.1 Å². The van der Waals surface area contributed by atoms with Gasteiger partial charge in [0, 0.05) is 56.8 Å². The highest BCUT2D eigenvalue weighted by molar-refractivity contribution is 6.05. The number of likely N-dealkylation sites (tertiary alicyclic amines) is 1. The lowest BCUT2D eigenvalue weighted by molar-refractivity contribution is -0.136. The van der Waals surface area contributed by atoms with Crippen LogP contribution in [0.15, 0.2) is 42.6 Å². The van der Waals surface area contributed by atoms with Gasteiger partial charge >= 0.3 is 0 Å². The van der Waals surface area contributed by atoms with E-state index in [1.54, 1.807) is 24.2 Å². The predicted molar refractivity (Wildman–Crippen MR) is 140 cm³/mol. The Labute approximate surface area is 224 Å². The van der Waals surface area contributed by atoms with E-state index in [9.17, 15) is 19.2 Å². The SMILES string of the molecule is CNC(=O)c1ncc2cc(CN3CC[C@H](Oc4ccc5c(c4)CN(C4CCC(=O)NC4=O)C5=O)C3)ccc2n1. The number of hydrogen-bond acceptors (Lipinski definition) is 8. The van der Waals surface area contributed by atoms with Gasteiger partial charge in [-0.1, -0.05) is 6.07 Å². The summed E-state index contributed by atoms with van der Waals surface area (Å²) in [6.07, 6.45) is 3.14. The fraction of sp³-hybridized carbons (Fsp3) is 0.357. The maximum absolute atomic E-state index is 12.9. The predicted octanol–water partition coefficient (Wildman–Crippen LogP) is 1.40. The largest absolute Gasteiger partial charge is 0.489 e. The van der Waals surface area contributed by atoms with Crippen LogP contribution < -0.4 is 15.4 Å². The molecular weight excluding hydrogens is 500 g/mol. The van der Waals surface area contributed by atoms with Crippen LogP contribution in [0, 0.1) is 0 Å². The molecule has 200 valence electrons. The quantitative estimate of drug-likeness (QED) is 0.459. The minimum atomic E-state index is -0.630. The van der Waals surface area contributed by atoms with Crippen molar-refractivity contribution >= 4 is 34.5 Å². The summed E-state index contributed by atoms with van der Waals surface area (Å²) < 4.78 is 6.28. The molecule has 39 heavy (non-hydrogen) atoms. The second-order valence-electron chi connectivity index (χ2n) is 10.1. The second-order valence-corrected chi connectivity index (χ2v) is 10.1. The molecule has 0 aliphatic carbocycles. The third-order valence-corrected chi connectivity index (χ3v) is 7.51. The van der Waals surface area contributed by atoms with E-state index in [0.717, 1.165) is 48.1 Å². The summed E-state index contributed by atoms with van der Waals surface area (Å²) in [5, 5.41) is 5.75. The van der Waals surface area contributed by atoms with E-state index in [1.165, 1.54) is 0 Å². The van der Waals surface area contributed by atoms with E-state index in [1.807, 2.05) is 30.3 Å². The molecule has 0 bridgehead atoms. The van der Waals surface area contributed by atoms with Gasteiger partial charge in [-0.2, -0.15) is 0 Å². The molecule has 4 amide bonds. The van der Waals surface area contributed by atoms with Gasteiger partial charge in [0.05, 0.1) is 5.52 Å².